The Morgan fingerprint density at radius 2 is 2.00 bits per heavy atom. The topological polar surface area (TPSA) is 66.4 Å². The van der Waals surface area contributed by atoms with Crippen LogP contribution in [-0.4, -0.2) is 13.5 Å². The Bertz CT molecular complexity index is 650. The Kier molecular flexibility index (Phi) is 4.93. The van der Waals surface area contributed by atoms with Gasteiger partial charge in [0.2, 0.25) is 10.0 Å². The number of sulfonamides is 1. The molecule has 2 aromatic rings. The Morgan fingerprint density at radius 1 is 1.30 bits per heavy atom. The van der Waals surface area contributed by atoms with Crippen LogP contribution in [0, 0.1) is 0 Å². The smallest absolute Gasteiger partial charge is 0.241 e. The molecule has 0 aliphatic heterocycles. The van der Waals surface area contributed by atoms with Gasteiger partial charge in [-0.05, 0) is 18.1 Å². The van der Waals surface area contributed by atoms with Gasteiger partial charge in [-0.3, -0.25) is 0 Å². The molecule has 0 saturated carbocycles. The van der Waals surface area contributed by atoms with E-state index in [0.717, 1.165) is 5.56 Å². The van der Waals surface area contributed by atoms with Crippen LogP contribution in [0.2, 0.25) is 0 Å². The lowest BCUT2D eigenvalue weighted by atomic mass is 10.1. The first kappa shape index (κ1) is 15.2. The first-order chi connectivity index (χ1) is 9.56. The molecule has 0 aliphatic rings. The van der Waals surface area contributed by atoms with E-state index >= 15 is 0 Å². The van der Waals surface area contributed by atoms with E-state index in [1.165, 1.54) is 17.4 Å². The average Bonchev–Trinajstić information content (AvgIpc) is 2.95. The zero-order valence-electron chi connectivity index (χ0n) is 11.1. The molecule has 4 nitrogen and oxygen atoms in total. The van der Waals surface area contributed by atoms with Crippen molar-refractivity contribution in [3.8, 4) is 0 Å². The fourth-order valence-corrected chi connectivity index (χ4v) is 4.35. The number of thiophene rings is 1. The highest BCUT2D eigenvalue weighted by Crippen LogP contribution is 2.23. The lowest BCUT2D eigenvalue weighted by molar-refractivity contribution is 0.285. The molecule has 2 N–H and O–H groups in total. The molecule has 0 radical (unpaired) electrons. The quantitative estimate of drug-likeness (QED) is 0.862. The monoisotopic (exact) mass is 311 g/mol. The number of hydrogen-bond donors (Lipinski definition) is 2. The lowest BCUT2D eigenvalue weighted by Crippen LogP contribution is -2.28. The number of hydrogen-bond acceptors (Lipinski definition) is 4. The van der Waals surface area contributed by atoms with Gasteiger partial charge >= 0.3 is 0 Å². The molecule has 0 spiro atoms. The highest BCUT2D eigenvalue weighted by molar-refractivity contribution is 7.89. The lowest BCUT2D eigenvalue weighted by Gasteiger charge is -2.17. The molecular formula is C14H17NO3S2. The van der Waals surface area contributed by atoms with E-state index < -0.39 is 10.0 Å². The summed E-state index contributed by atoms with van der Waals surface area (Å²) >= 11 is 1.24. The third kappa shape index (κ3) is 3.46. The van der Waals surface area contributed by atoms with Crippen molar-refractivity contribution in [1.29, 1.82) is 0 Å². The SMILES string of the molecule is CCC(NS(=O)(=O)c1csc(CO)c1)c1ccccc1. The van der Waals surface area contributed by atoms with Crippen molar-refractivity contribution < 1.29 is 13.5 Å². The summed E-state index contributed by atoms with van der Waals surface area (Å²) < 4.78 is 27.3. The molecule has 1 heterocycles. The maximum Gasteiger partial charge on any atom is 0.241 e. The zero-order valence-corrected chi connectivity index (χ0v) is 12.7. The van der Waals surface area contributed by atoms with Gasteiger partial charge in [-0.25, -0.2) is 13.1 Å². The van der Waals surface area contributed by atoms with Gasteiger partial charge in [0.15, 0.2) is 0 Å². The van der Waals surface area contributed by atoms with E-state index in [2.05, 4.69) is 4.72 Å². The number of rotatable bonds is 6. The van der Waals surface area contributed by atoms with Crippen LogP contribution in [0.5, 0.6) is 0 Å². The van der Waals surface area contributed by atoms with Crippen molar-refractivity contribution in [2.75, 3.05) is 0 Å². The molecule has 108 valence electrons. The number of aliphatic hydroxyl groups excluding tert-OH is 1. The minimum atomic E-state index is -3.56. The van der Waals surface area contributed by atoms with Crippen LogP contribution in [-0.2, 0) is 16.6 Å². The summed E-state index contributed by atoms with van der Waals surface area (Å²) in [7, 11) is -3.56. The summed E-state index contributed by atoms with van der Waals surface area (Å²) in [5, 5.41) is 10.6. The molecule has 1 unspecified atom stereocenters. The molecule has 0 amide bonds. The predicted molar refractivity (Wildman–Crippen MR) is 80.0 cm³/mol. The van der Waals surface area contributed by atoms with Gasteiger partial charge in [-0.2, -0.15) is 0 Å². The van der Waals surface area contributed by atoms with Crippen LogP contribution in [0.4, 0.5) is 0 Å². The van der Waals surface area contributed by atoms with Crippen LogP contribution in [0.1, 0.15) is 29.8 Å². The van der Waals surface area contributed by atoms with Crippen molar-refractivity contribution in [2.24, 2.45) is 0 Å². The molecule has 0 saturated heterocycles. The number of nitrogens with one attached hydrogen (secondary N) is 1. The Balaban J connectivity index is 2.22. The maximum absolute atomic E-state index is 12.3. The van der Waals surface area contributed by atoms with Crippen molar-refractivity contribution in [2.45, 2.75) is 30.9 Å². The van der Waals surface area contributed by atoms with Crippen LogP contribution in [0.15, 0.2) is 46.7 Å². The van der Waals surface area contributed by atoms with Gasteiger partial charge in [0, 0.05) is 16.3 Å². The number of benzene rings is 1. The first-order valence-electron chi connectivity index (χ1n) is 6.32. The van der Waals surface area contributed by atoms with E-state index in [1.54, 1.807) is 5.38 Å². The van der Waals surface area contributed by atoms with Gasteiger partial charge in [0.1, 0.15) is 0 Å². The van der Waals surface area contributed by atoms with Crippen molar-refractivity contribution in [1.82, 2.24) is 4.72 Å². The van der Waals surface area contributed by atoms with Crippen LogP contribution in [0.3, 0.4) is 0 Å². The second kappa shape index (κ2) is 6.49. The molecule has 2 rings (SSSR count). The van der Waals surface area contributed by atoms with Gasteiger partial charge < -0.3 is 5.11 Å². The van der Waals surface area contributed by atoms with Gasteiger partial charge in [-0.15, -0.1) is 11.3 Å². The standard InChI is InChI=1S/C14H17NO3S2/c1-2-14(11-6-4-3-5-7-11)15-20(17,18)13-8-12(9-16)19-10-13/h3-8,10,14-16H,2,9H2,1H3. The molecule has 1 atom stereocenters. The van der Waals surface area contributed by atoms with E-state index in [1.807, 2.05) is 37.3 Å². The molecule has 20 heavy (non-hydrogen) atoms. The van der Waals surface area contributed by atoms with Crippen molar-refractivity contribution in [3.63, 3.8) is 0 Å². The molecule has 6 heteroatoms. The fraction of sp³-hybridized carbons (Fsp3) is 0.286. The van der Waals surface area contributed by atoms with Crippen LogP contribution < -0.4 is 4.72 Å². The highest BCUT2D eigenvalue weighted by atomic mass is 32.2. The summed E-state index contributed by atoms with van der Waals surface area (Å²) in [6.45, 7) is 1.79. The fourth-order valence-electron chi connectivity index (χ4n) is 1.91. The molecule has 0 bridgehead atoms. The van der Waals surface area contributed by atoms with E-state index in [0.29, 0.717) is 11.3 Å². The van der Waals surface area contributed by atoms with Gasteiger partial charge in [-0.1, -0.05) is 37.3 Å². The van der Waals surface area contributed by atoms with Gasteiger partial charge in [0.05, 0.1) is 11.5 Å². The summed E-state index contributed by atoms with van der Waals surface area (Å²) in [4.78, 5) is 0.846. The highest BCUT2D eigenvalue weighted by Gasteiger charge is 2.21. The average molecular weight is 311 g/mol. The Labute approximate surface area is 123 Å². The molecule has 0 aliphatic carbocycles. The van der Waals surface area contributed by atoms with Crippen molar-refractivity contribution >= 4 is 21.4 Å². The van der Waals surface area contributed by atoms with Crippen molar-refractivity contribution in [3.05, 3.63) is 52.2 Å². The molecular weight excluding hydrogens is 294 g/mol. The third-order valence-corrected chi connectivity index (χ3v) is 5.53. The minimum Gasteiger partial charge on any atom is -0.391 e. The Hall–Kier alpha value is -1.21. The normalized spacial score (nSPS) is 13.3. The van der Waals surface area contributed by atoms with Crippen LogP contribution in [0.25, 0.3) is 0 Å². The summed E-state index contributed by atoms with van der Waals surface area (Å²) in [6.07, 6.45) is 0.667. The first-order valence-corrected chi connectivity index (χ1v) is 8.68. The third-order valence-electron chi connectivity index (χ3n) is 3.00. The van der Waals surface area contributed by atoms with E-state index in [4.69, 9.17) is 5.11 Å². The van der Waals surface area contributed by atoms with E-state index in [9.17, 15) is 8.42 Å². The second-order valence-electron chi connectivity index (χ2n) is 4.40. The number of aliphatic hydroxyl groups is 1. The zero-order chi connectivity index (χ0) is 14.6. The van der Waals surface area contributed by atoms with Crippen LogP contribution >= 0.6 is 11.3 Å². The summed E-state index contributed by atoms with van der Waals surface area (Å²) in [6, 6.07) is 10.7. The molecule has 0 fully saturated rings. The molecule has 1 aromatic heterocycles. The summed E-state index contributed by atoms with van der Waals surface area (Å²) in [5.74, 6) is 0. The maximum atomic E-state index is 12.3. The minimum absolute atomic E-state index is 0.143. The largest absolute Gasteiger partial charge is 0.391 e. The summed E-state index contributed by atoms with van der Waals surface area (Å²) in [5.41, 5.74) is 0.941. The molecule has 1 aromatic carbocycles. The Morgan fingerprint density at radius 3 is 2.55 bits per heavy atom. The second-order valence-corrected chi connectivity index (χ2v) is 7.11. The predicted octanol–water partition coefficient (Wildman–Crippen LogP) is 2.67. The van der Waals surface area contributed by atoms with E-state index in [-0.39, 0.29) is 17.5 Å². The van der Waals surface area contributed by atoms with Gasteiger partial charge in [0.25, 0.3) is 0 Å².